The minimum Gasteiger partial charge on any atom is -0.497 e. The molecule has 0 radical (unpaired) electrons. The maximum atomic E-state index is 5.16. The van der Waals surface area contributed by atoms with Crippen molar-refractivity contribution in [3.8, 4) is 16.9 Å². The molecule has 0 aliphatic rings. The molecule has 90 valence electrons. The molecule has 1 aromatic carbocycles. The molecule has 0 atom stereocenters. The van der Waals surface area contributed by atoms with Gasteiger partial charge in [-0.3, -0.25) is 0 Å². The summed E-state index contributed by atoms with van der Waals surface area (Å²) in [7, 11) is 1.67. The van der Waals surface area contributed by atoms with Crippen LogP contribution < -0.4 is 4.74 Å². The Morgan fingerprint density at radius 3 is 2.67 bits per heavy atom. The van der Waals surface area contributed by atoms with Gasteiger partial charge in [-0.25, -0.2) is 4.98 Å². The van der Waals surface area contributed by atoms with Crippen LogP contribution in [0.4, 0.5) is 0 Å². The highest BCUT2D eigenvalue weighted by atomic mass is 127. The Morgan fingerprint density at radius 1 is 1.17 bits per heavy atom. The monoisotopic (exact) mass is 350 g/mol. The Balaban J connectivity index is 2.09. The molecule has 0 aliphatic carbocycles. The summed E-state index contributed by atoms with van der Waals surface area (Å²) >= 11 is 2.31. The van der Waals surface area contributed by atoms with Crippen molar-refractivity contribution in [2.75, 3.05) is 7.11 Å². The SMILES string of the molecule is COc1ccc(-c2cnc3[nH]cc(I)c3c2)cc1. The Kier molecular flexibility index (Phi) is 2.95. The third-order valence-electron chi connectivity index (χ3n) is 2.90. The predicted octanol–water partition coefficient (Wildman–Crippen LogP) is 3.84. The first-order chi connectivity index (χ1) is 8.78. The van der Waals surface area contributed by atoms with Crippen molar-refractivity contribution in [2.45, 2.75) is 0 Å². The van der Waals surface area contributed by atoms with Gasteiger partial charge in [0, 0.05) is 26.9 Å². The predicted molar refractivity (Wildman–Crippen MR) is 80.8 cm³/mol. The molecule has 0 saturated carbocycles. The van der Waals surface area contributed by atoms with Crippen LogP contribution in [-0.4, -0.2) is 17.1 Å². The van der Waals surface area contributed by atoms with Crippen molar-refractivity contribution < 1.29 is 4.74 Å². The maximum absolute atomic E-state index is 5.16. The summed E-state index contributed by atoms with van der Waals surface area (Å²) in [6.45, 7) is 0. The quantitative estimate of drug-likeness (QED) is 0.713. The lowest BCUT2D eigenvalue weighted by atomic mass is 10.1. The Bertz CT molecular complexity index is 689. The molecule has 3 nitrogen and oxygen atoms in total. The Hall–Kier alpha value is -1.56. The average molecular weight is 350 g/mol. The zero-order valence-electron chi connectivity index (χ0n) is 9.77. The molecule has 18 heavy (non-hydrogen) atoms. The number of nitrogens with zero attached hydrogens (tertiary/aromatic N) is 1. The number of halogens is 1. The van der Waals surface area contributed by atoms with Gasteiger partial charge in [-0.05, 0) is 46.4 Å². The van der Waals surface area contributed by atoms with Crippen LogP contribution in [0.5, 0.6) is 5.75 Å². The number of aromatic nitrogens is 2. The number of hydrogen-bond donors (Lipinski definition) is 1. The second-order valence-corrected chi connectivity index (χ2v) is 5.15. The minimum absolute atomic E-state index is 0.865. The smallest absolute Gasteiger partial charge is 0.138 e. The molecule has 0 unspecified atom stereocenters. The van der Waals surface area contributed by atoms with Crippen molar-refractivity contribution in [3.63, 3.8) is 0 Å². The first kappa shape index (κ1) is 11.5. The molecule has 2 aromatic heterocycles. The summed E-state index contributed by atoms with van der Waals surface area (Å²) in [6, 6.07) is 10.2. The number of aromatic amines is 1. The molecule has 0 spiro atoms. The average Bonchev–Trinajstić information content (AvgIpc) is 2.80. The van der Waals surface area contributed by atoms with Gasteiger partial charge in [-0.2, -0.15) is 0 Å². The van der Waals surface area contributed by atoms with E-state index in [0.717, 1.165) is 27.9 Å². The molecular formula is C14H11IN2O. The van der Waals surface area contributed by atoms with Crippen LogP contribution in [0, 0.1) is 3.57 Å². The number of hydrogen-bond acceptors (Lipinski definition) is 2. The summed E-state index contributed by atoms with van der Waals surface area (Å²) in [6.07, 6.45) is 3.85. The van der Waals surface area contributed by atoms with Crippen LogP contribution >= 0.6 is 22.6 Å². The van der Waals surface area contributed by atoms with Gasteiger partial charge in [0.2, 0.25) is 0 Å². The fraction of sp³-hybridized carbons (Fsp3) is 0.0714. The number of rotatable bonds is 2. The lowest BCUT2D eigenvalue weighted by molar-refractivity contribution is 0.415. The Morgan fingerprint density at radius 2 is 1.94 bits per heavy atom. The largest absolute Gasteiger partial charge is 0.497 e. The van der Waals surface area contributed by atoms with Crippen LogP contribution in [-0.2, 0) is 0 Å². The number of benzene rings is 1. The number of nitrogens with one attached hydrogen (secondary N) is 1. The van der Waals surface area contributed by atoms with Crippen molar-refractivity contribution in [1.29, 1.82) is 0 Å². The van der Waals surface area contributed by atoms with Gasteiger partial charge < -0.3 is 9.72 Å². The van der Waals surface area contributed by atoms with E-state index in [0.29, 0.717) is 0 Å². The standard InChI is InChI=1S/C14H11IN2O/c1-18-11-4-2-9(3-5-11)10-6-12-13(15)8-17-14(12)16-7-10/h2-8H,1H3,(H,16,17). The Labute approximate surface area is 118 Å². The fourth-order valence-corrected chi connectivity index (χ4v) is 2.48. The van der Waals surface area contributed by atoms with Gasteiger partial charge in [0.1, 0.15) is 11.4 Å². The first-order valence-corrected chi connectivity index (χ1v) is 6.63. The molecule has 0 saturated heterocycles. The lowest BCUT2D eigenvalue weighted by Gasteiger charge is -2.03. The zero-order valence-corrected chi connectivity index (χ0v) is 11.9. The van der Waals surface area contributed by atoms with E-state index in [4.69, 9.17) is 4.74 Å². The normalized spacial score (nSPS) is 10.8. The van der Waals surface area contributed by atoms with Gasteiger partial charge in [0.05, 0.1) is 7.11 Å². The van der Waals surface area contributed by atoms with Crippen molar-refractivity contribution in [2.24, 2.45) is 0 Å². The summed E-state index contributed by atoms with van der Waals surface area (Å²) in [5, 5.41) is 1.16. The van der Waals surface area contributed by atoms with Crippen LogP contribution in [0.3, 0.4) is 0 Å². The first-order valence-electron chi connectivity index (χ1n) is 5.55. The van der Waals surface area contributed by atoms with E-state index in [9.17, 15) is 0 Å². The summed E-state index contributed by atoms with van der Waals surface area (Å²) in [5.41, 5.74) is 3.18. The van der Waals surface area contributed by atoms with E-state index >= 15 is 0 Å². The highest BCUT2D eigenvalue weighted by Gasteiger charge is 2.05. The van der Waals surface area contributed by atoms with Gasteiger partial charge in [-0.15, -0.1) is 0 Å². The molecule has 0 aliphatic heterocycles. The van der Waals surface area contributed by atoms with Crippen molar-refractivity contribution >= 4 is 33.6 Å². The van der Waals surface area contributed by atoms with Gasteiger partial charge in [0.15, 0.2) is 0 Å². The minimum atomic E-state index is 0.865. The number of ether oxygens (including phenoxy) is 1. The fourth-order valence-electron chi connectivity index (χ4n) is 1.91. The van der Waals surface area contributed by atoms with Gasteiger partial charge in [-0.1, -0.05) is 12.1 Å². The summed E-state index contributed by atoms with van der Waals surface area (Å²) < 4.78 is 6.35. The molecule has 3 aromatic rings. The number of methoxy groups -OCH3 is 1. The van der Waals surface area contributed by atoms with E-state index in [2.05, 4.69) is 38.6 Å². The molecule has 4 heteroatoms. The van der Waals surface area contributed by atoms with Crippen LogP contribution in [0.1, 0.15) is 0 Å². The van der Waals surface area contributed by atoms with E-state index in [1.165, 1.54) is 3.57 Å². The number of pyridine rings is 1. The second kappa shape index (κ2) is 4.61. The maximum Gasteiger partial charge on any atom is 0.138 e. The molecule has 0 amide bonds. The van der Waals surface area contributed by atoms with Crippen LogP contribution in [0.25, 0.3) is 22.2 Å². The van der Waals surface area contributed by atoms with Crippen LogP contribution in [0.15, 0.2) is 42.7 Å². The third kappa shape index (κ3) is 1.96. The van der Waals surface area contributed by atoms with E-state index in [1.54, 1.807) is 7.11 Å². The number of fused-ring (bicyclic) bond motifs is 1. The molecule has 1 N–H and O–H groups in total. The summed E-state index contributed by atoms with van der Waals surface area (Å²) in [5.74, 6) is 0.865. The zero-order chi connectivity index (χ0) is 12.5. The molecule has 3 rings (SSSR count). The van der Waals surface area contributed by atoms with Crippen LogP contribution in [0.2, 0.25) is 0 Å². The molecule has 0 fully saturated rings. The summed E-state index contributed by atoms with van der Waals surface area (Å²) in [4.78, 5) is 7.58. The molecule has 0 bridgehead atoms. The third-order valence-corrected chi connectivity index (χ3v) is 3.80. The highest BCUT2D eigenvalue weighted by molar-refractivity contribution is 14.1. The number of H-pyrrole nitrogens is 1. The second-order valence-electron chi connectivity index (χ2n) is 3.99. The lowest BCUT2D eigenvalue weighted by Crippen LogP contribution is -1.84. The van der Waals surface area contributed by atoms with Gasteiger partial charge in [0.25, 0.3) is 0 Å². The molecule has 2 heterocycles. The van der Waals surface area contributed by atoms with E-state index < -0.39 is 0 Å². The highest BCUT2D eigenvalue weighted by Crippen LogP contribution is 2.26. The van der Waals surface area contributed by atoms with Gasteiger partial charge >= 0.3 is 0 Å². The van der Waals surface area contributed by atoms with E-state index in [-0.39, 0.29) is 0 Å². The molecular weight excluding hydrogens is 339 g/mol. The van der Waals surface area contributed by atoms with Crippen molar-refractivity contribution in [3.05, 3.63) is 46.3 Å². The van der Waals surface area contributed by atoms with Crippen molar-refractivity contribution in [1.82, 2.24) is 9.97 Å². The topological polar surface area (TPSA) is 37.9 Å². The van der Waals surface area contributed by atoms with E-state index in [1.807, 2.05) is 36.7 Å².